The largest absolute Gasteiger partial charge is 0.335 e. The first-order chi connectivity index (χ1) is 15.2. The van der Waals surface area contributed by atoms with Crippen LogP contribution in [0.25, 0.3) is 11.0 Å². The molecule has 0 aromatic carbocycles. The molecular weight excluding hydrogens is 432 g/mol. The van der Waals surface area contributed by atoms with Gasteiger partial charge in [-0.05, 0) is 25.7 Å². The zero-order chi connectivity index (χ0) is 23.4. The number of aryl methyl sites for hydroxylation is 1. The smallest absolute Gasteiger partial charge is 0.332 e. The predicted octanol–water partition coefficient (Wildman–Crippen LogP) is 1.71. The summed E-state index contributed by atoms with van der Waals surface area (Å²) < 4.78 is 2.50. The monoisotopic (exact) mass is 462 g/mol. The fourth-order valence-corrected chi connectivity index (χ4v) is 4.70. The first kappa shape index (κ1) is 24.0. The fraction of sp³-hybridized carbons (Fsp3) is 0.619. The molecule has 2 aromatic rings. The van der Waals surface area contributed by atoms with Crippen LogP contribution >= 0.6 is 11.8 Å². The summed E-state index contributed by atoms with van der Waals surface area (Å²) in [6, 6.07) is -0.411. The van der Waals surface area contributed by atoms with Gasteiger partial charge in [0.05, 0.1) is 5.75 Å². The maximum atomic E-state index is 12.9. The van der Waals surface area contributed by atoms with E-state index in [1.807, 2.05) is 13.8 Å². The number of carbonyl (C=O) groups is 2. The van der Waals surface area contributed by atoms with Gasteiger partial charge in [0.2, 0.25) is 5.91 Å². The van der Waals surface area contributed by atoms with Crippen LogP contribution in [0.3, 0.4) is 0 Å². The summed E-state index contributed by atoms with van der Waals surface area (Å²) in [5, 5.41) is 5.69. The van der Waals surface area contributed by atoms with E-state index >= 15 is 0 Å². The minimum absolute atomic E-state index is 0.0957. The lowest BCUT2D eigenvalue weighted by atomic mass is 9.96. The Bertz CT molecular complexity index is 1130. The van der Waals surface area contributed by atoms with Crippen LogP contribution < -0.4 is 21.9 Å². The Morgan fingerprint density at radius 3 is 2.50 bits per heavy atom. The molecular formula is C21H30N6O4S. The number of imide groups is 1. The van der Waals surface area contributed by atoms with E-state index in [0.717, 1.165) is 42.0 Å². The number of thioether (sulfide) groups is 1. The number of amides is 3. The quantitative estimate of drug-likeness (QED) is 0.494. The number of hydrogen-bond donors (Lipinski definition) is 2. The molecule has 1 fully saturated rings. The number of hydrogen-bond acceptors (Lipinski definition) is 7. The Hall–Kier alpha value is -2.69. The minimum atomic E-state index is -0.511. The Balaban J connectivity index is 1.80. The van der Waals surface area contributed by atoms with Crippen molar-refractivity contribution in [2.24, 2.45) is 13.0 Å². The molecule has 2 aromatic heterocycles. The summed E-state index contributed by atoms with van der Waals surface area (Å²) in [4.78, 5) is 58.7. The topological polar surface area (TPSA) is 128 Å². The molecule has 0 radical (unpaired) electrons. The van der Waals surface area contributed by atoms with Gasteiger partial charge in [0, 0.05) is 19.6 Å². The Labute approximate surface area is 190 Å². The van der Waals surface area contributed by atoms with E-state index in [1.54, 1.807) is 6.92 Å². The third-order valence-electron chi connectivity index (χ3n) is 5.34. The van der Waals surface area contributed by atoms with E-state index in [4.69, 9.17) is 0 Å². The van der Waals surface area contributed by atoms with Gasteiger partial charge in [0.15, 0.2) is 5.65 Å². The van der Waals surface area contributed by atoms with E-state index in [2.05, 4.69) is 20.6 Å². The summed E-state index contributed by atoms with van der Waals surface area (Å²) in [6.45, 7) is 6.00. The lowest BCUT2D eigenvalue weighted by molar-refractivity contribution is -0.117. The second-order valence-electron chi connectivity index (χ2n) is 8.57. The number of rotatable bonds is 6. The van der Waals surface area contributed by atoms with E-state index in [0.29, 0.717) is 17.4 Å². The van der Waals surface area contributed by atoms with Gasteiger partial charge in [-0.3, -0.25) is 24.0 Å². The molecule has 3 amide bonds. The molecule has 0 spiro atoms. The Morgan fingerprint density at radius 1 is 1.16 bits per heavy atom. The van der Waals surface area contributed by atoms with E-state index in [9.17, 15) is 19.2 Å². The summed E-state index contributed by atoms with van der Waals surface area (Å²) in [7, 11) is 1.41. The fourth-order valence-electron chi connectivity index (χ4n) is 3.84. The van der Waals surface area contributed by atoms with Crippen LogP contribution in [0.4, 0.5) is 4.79 Å². The molecule has 2 N–H and O–H groups in total. The van der Waals surface area contributed by atoms with Gasteiger partial charge in [-0.25, -0.2) is 19.6 Å². The maximum Gasteiger partial charge on any atom is 0.332 e. The third kappa shape index (κ3) is 5.56. The summed E-state index contributed by atoms with van der Waals surface area (Å²) in [5.41, 5.74) is -0.692. The molecule has 1 aliphatic carbocycles. The highest BCUT2D eigenvalue weighted by Gasteiger charge is 2.20. The predicted molar refractivity (Wildman–Crippen MR) is 123 cm³/mol. The standard InChI is InChI=1S/C21H30N6O4S/c1-12(2)10-27-17-16(19(29)26(4)21(27)31)18(23-13(3)22-17)32-11-15(28)25-20(30)24-14-8-6-5-7-9-14/h12,14H,5-11H2,1-4H3,(H2,24,25,28,30). The van der Waals surface area contributed by atoms with Gasteiger partial charge in [-0.1, -0.05) is 44.9 Å². The van der Waals surface area contributed by atoms with Crippen molar-refractivity contribution in [3.63, 3.8) is 0 Å². The van der Waals surface area contributed by atoms with Crippen LogP contribution in [0.5, 0.6) is 0 Å². The normalized spacial score (nSPS) is 14.7. The van der Waals surface area contributed by atoms with Crippen LogP contribution in [0.1, 0.15) is 51.8 Å². The van der Waals surface area contributed by atoms with Crippen molar-refractivity contribution in [1.82, 2.24) is 29.7 Å². The third-order valence-corrected chi connectivity index (χ3v) is 6.32. The van der Waals surface area contributed by atoms with Crippen LogP contribution in [0.2, 0.25) is 0 Å². The van der Waals surface area contributed by atoms with Crippen molar-refractivity contribution in [3.8, 4) is 0 Å². The molecule has 0 unspecified atom stereocenters. The number of urea groups is 1. The molecule has 0 saturated heterocycles. The molecule has 0 bridgehead atoms. The minimum Gasteiger partial charge on any atom is -0.335 e. The van der Waals surface area contributed by atoms with Crippen LogP contribution in [0.15, 0.2) is 14.6 Å². The number of aromatic nitrogens is 4. The molecule has 0 atom stereocenters. The number of carbonyl (C=O) groups excluding carboxylic acids is 2. The highest BCUT2D eigenvalue weighted by molar-refractivity contribution is 8.00. The Morgan fingerprint density at radius 2 is 1.84 bits per heavy atom. The zero-order valence-corrected chi connectivity index (χ0v) is 19.8. The van der Waals surface area contributed by atoms with Crippen molar-refractivity contribution in [3.05, 3.63) is 26.7 Å². The van der Waals surface area contributed by atoms with Crippen molar-refractivity contribution in [2.45, 2.75) is 70.5 Å². The summed E-state index contributed by atoms with van der Waals surface area (Å²) in [5.74, 6) is -0.0373. The highest BCUT2D eigenvalue weighted by atomic mass is 32.2. The molecule has 1 saturated carbocycles. The average Bonchev–Trinajstić information content (AvgIpc) is 2.73. The molecule has 2 heterocycles. The van der Waals surface area contributed by atoms with Crippen LogP contribution in [-0.2, 0) is 18.4 Å². The highest BCUT2D eigenvalue weighted by Crippen LogP contribution is 2.22. The second-order valence-corrected chi connectivity index (χ2v) is 9.54. The van der Waals surface area contributed by atoms with Crippen molar-refractivity contribution in [1.29, 1.82) is 0 Å². The summed E-state index contributed by atoms with van der Waals surface area (Å²) >= 11 is 1.04. The molecule has 0 aliphatic heterocycles. The van der Waals surface area contributed by atoms with E-state index in [-0.39, 0.29) is 28.7 Å². The van der Waals surface area contributed by atoms with E-state index in [1.165, 1.54) is 18.0 Å². The van der Waals surface area contributed by atoms with Crippen molar-refractivity contribution < 1.29 is 9.59 Å². The number of fused-ring (bicyclic) bond motifs is 1. The van der Waals surface area contributed by atoms with Crippen LogP contribution in [-0.4, -0.2) is 42.8 Å². The van der Waals surface area contributed by atoms with Gasteiger partial charge in [-0.2, -0.15) is 0 Å². The molecule has 3 rings (SSSR count). The van der Waals surface area contributed by atoms with Gasteiger partial charge >= 0.3 is 11.7 Å². The second kappa shape index (κ2) is 10.3. The maximum absolute atomic E-state index is 12.9. The molecule has 1 aliphatic rings. The first-order valence-corrected chi connectivity index (χ1v) is 11.9. The van der Waals surface area contributed by atoms with Crippen molar-refractivity contribution in [2.75, 3.05) is 5.75 Å². The van der Waals surface area contributed by atoms with Gasteiger partial charge in [0.1, 0.15) is 16.2 Å². The zero-order valence-electron chi connectivity index (χ0n) is 18.9. The lowest BCUT2D eigenvalue weighted by Gasteiger charge is -2.22. The number of nitrogens with one attached hydrogen (secondary N) is 2. The van der Waals surface area contributed by atoms with E-state index < -0.39 is 23.2 Å². The van der Waals surface area contributed by atoms with Crippen molar-refractivity contribution >= 4 is 34.7 Å². The first-order valence-electron chi connectivity index (χ1n) is 10.9. The summed E-state index contributed by atoms with van der Waals surface area (Å²) in [6.07, 6.45) is 5.16. The molecule has 32 heavy (non-hydrogen) atoms. The molecule has 11 heteroatoms. The number of nitrogens with zero attached hydrogens (tertiary/aromatic N) is 4. The molecule has 174 valence electrons. The average molecular weight is 463 g/mol. The van der Waals surface area contributed by atoms with Gasteiger partial charge in [0.25, 0.3) is 5.56 Å². The Kier molecular flexibility index (Phi) is 7.70. The van der Waals surface area contributed by atoms with Gasteiger partial charge in [-0.15, -0.1) is 0 Å². The van der Waals surface area contributed by atoms with Crippen LogP contribution in [0, 0.1) is 12.8 Å². The SMILES string of the molecule is Cc1nc(SCC(=O)NC(=O)NC2CCCCC2)c2c(=O)n(C)c(=O)n(CC(C)C)c2n1. The van der Waals surface area contributed by atoms with Gasteiger partial charge < -0.3 is 5.32 Å². The molecule has 10 nitrogen and oxygen atoms in total. The lowest BCUT2D eigenvalue weighted by Crippen LogP contribution is -2.45.